The van der Waals surface area contributed by atoms with E-state index in [4.69, 9.17) is 4.42 Å². The molecule has 8 nitrogen and oxygen atoms in total. The number of furan rings is 1. The molecule has 0 bridgehead atoms. The van der Waals surface area contributed by atoms with E-state index in [1.807, 2.05) is 0 Å². The van der Waals surface area contributed by atoms with Gasteiger partial charge in [-0.15, -0.1) is 0 Å². The van der Waals surface area contributed by atoms with E-state index in [1.165, 1.54) is 42.7 Å². The maximum absolute atomic E-state index is 13.5. The number of nitrogens with one attached hydrogen (secondary N) is 2. The topological polar surface area (TPSA) is 109 Å². The van der Waals surface area contributed by atoms with Crippen molar-refractivity contribution in [2.75, 3.05) is 16.2 Å². The molecular formula is C26H22FN3O5S. The maximum atomic E-state index is 13.5. The predicted octanol–water partition coefficient (Wildman–Crippen LogP) is 4.18. The maximum Gasteiger partial charge on any atom is 0.264 e. The van der Waals surface area contributed by atoms with Crippen molar-refractivity contribution in [2.24, 2.45) is 0 Å². The molecule has 10 heteroatoms. The number of carbonyl (C=O) groups is 2. The molecule has 0 aliphatic carbocycles. The summed E-state index contributed by atoms with van der Waals surface area (Å²) in [5.74, 6) is -1.12. The molecule has 184 valence electrons. The summed E-state index contributed by atoms with van der Waals surface area (Å²) < 4.78 is 46.3. The zero-order valence-electron chi connectivity index (χ0n) is 18.9. The number of benzene rings is 3. The van der Waals surface area contributed by atoms with E-state index in [0.717, 1.165) is 16.4 Å². The third kappa shape index (κ3) is 5.78. The summed E-state index contributed by atoms with van der Waals surface area (Å²) in [6.07, 6.45) is 1.49. The number of hydrogen-bond donors (Lipinski definition) is 2. The van der Waals surface area contributed by atoms with Gasteiger partial charge in [0.25, 0.3) is 15.9 Å². The third-order valence-electron chi connectivity index (χ3n) is 5.18. The number of halogens is 1. The second-order valence-electron chi connectivity index (χ2n) is 7.66. The first-order valence-corrected chi connectivity index (χ1v) is 12.3. The monoisotopic (exact) mass is 507 g/mol. The highest BCUT2D eigenvalue weighted by Crippen LogP contribution is 2.24. The standard InChI is InChI=1S/C26H22FN3O5S/c27-19-12-14-20(15-13-19)30(36(33,34)22-8-2-1-3-9-22)18-25(31)29-24-11-5-4-10-23(24)26(32)28-17-21-7-6-16-35-21/h1-16H,17-18H2,(H,28,32)(H,29,31). The van der Waals surface area contributed by atoms with Crippen LogP contribution in [0.25, 0.3) is 0 Å². The summed E-state index contributed by atoms with van der Waals surface area (Å²) in [6, 6.07) is 22.1. The lowest BCUT2D eigenvalue weighted by atomic mass is 10.1. The second-order valence-corrected chi connectivity index (χ2v) is 9.52. The van der Waals surface area contributed by atoms with Crippen molar-refractivity contribution >= 4 is 33.2 Å². The second kappa shape index (κ2) is 10.9. The van der Waals surface area contributed by atoms with Gasteiger partial charge in [-0.2, -0.15) is 0 Å². The molecule has 0 unspecified atom stereocenters. The molecule has 0 fully saturated rings. The number of hydrogen-bond acceptors (Lipinski definition) is 5. The Morgan fingerprint density at radius 1 is 0.861 bits per heavy atom. The largest absolute Gasteiger partial charge is 0.467 e. The smallest absolute Gasteiger partial charge is 0.264 e. The molecule has 0 aliphatic rings. The highest BCUT2D eigenvalue weighted by Gasteiger charge is 2.27. The highest BCUT2D eigenvalue weighted by molar-refractivity contribution is 7.92. The number of sulfonamides is 1. The Balaban J connectivity index is 1.56. The molecule has 1 aromatic heterocycles. The van der Waals surface area contributed by atoms with Crippen LogP contribution in [-0.4, -0.2) is 26.8 Å². The molecule has 0 radical (unpaired) electrons. The lowest BCUT2D eigenvalue weighted by Crippen LogP contribution is -2.38. The van der Waals surface area contributed by atoms with Gasteiger partial charge in [0.1, 0.15) is 18.1 Å². The van der Waals surface area contributed by atoms with Crippen LogP contribution >= 0.6 is 0 Å². The summed E-state index contributed by atoms with van der Waals surface area (Å²) >= 11 is 0. The van der Waals surface area contributed by atoms with Gasteiger partial charge in [0, 0.05) is 0 Å². The third-order valence-corrected chi connectivity index (χ3v) is 6.97. The molecule has 0 aliphatic heterocycles. The number of amides is 2. The first-order chi connectivity index (χ1) is 17.3. The van der Waals surface area contributed by atoms with Crippen molar-refractivity contribution in [3.8, 4) is 0 Å². The van der Waals surface area contributed by atoms with E-state index in [-0.39, 0.29) is 28.4 Å². The zero-order chi connectivity index (χ0) is 25.5. The van der Waals surface area contributed by atoms with Crippen LogP contribution in [0.2, 0.25) is 0 Å². The fourth-order valence-electron chi connectivity index (χ4n) is 3.43. The molecule has 0 saturated carbocycles. The van der Waals surface area contributed by atoms with Crippen LogP contribution in [0.5, 0.6) is 0 Å². The quantitative estimate of drug-likeness (QED) is 0.353. The number of para-hydroxylation sites is 1. The van der Waals surface area contributed by atoms with Crippen LogP contribution in [0.15, 0.2) is 107 Å². The Bertz CT molecular complexity index is 1440. The molecule has 4 aromatic rings. The Kier molecular flexibility index (Phi) is 7.45. The minimum absolute atomic E-state index is 0.0279. The van der Waals surface area contributed by atoms with E-state index in [9.17, 15) is 22.4 Å². The molecule has 0 spiro atoms. The number of anilines is 2. The molecule has 36 heavy (non-hydrogen) atoms. The molecule has 2 N–H and O–H groups in total. The van der Waals surface area contributed by atoms with Gasteiger partial charge in [-0.25, -0.2) is 12.8 Å². The van der Waals surface area contributed by atoms with E-state index < -0.39 is 34.2 Å². The molecular weight excluding hydrogens is 485 g/mol. The molecule has 0 atom stereocenters. The van der Waals surface area contributed by atoms with Crippen LogP contribution < -0.4 is 14.9 Å². The van der Waals surface area contributed by atoms with Crippen LogP contribution in [0.4, 0.5) is 15.8 Å². The molecule has 2 amide bonds. The van der Waals surface area contributed by atoms with Gasteiger partial charge in [0.2, 0.25) is 5.91 Å². The van der Waals surface area contributed by atoms with E-state index in [0.29, 0.717) is 5.76 Å². The Morgan fingerprint density at radius 2 is 1.56 bits per heavy atom. The lowest BCUT2D eigenvalue weighted by molar-refractivity contribution is -0.114. The number of carbonyl (C=O) groups excluding carboxylic acids is 2. The van der Waals surface area contributed by atoms with Crippen molar-refractivity contribution in [2.45, 2.75) is 11.4 Å². The minimum Gasteiger partial charge on any atom is -0.467 e. The van der Waals surface area contributed by atoms with Crippen molar-refractivity contribution in [1.82, 2.24) is 5.32 Å². The van der Waals surface area contributed by atoms with Gasteiger partial charge in [0.05, 0.1) is 34.6 Å². The molecule has 1 heterocycles. The minimum atomic E-state index is -4.15. The van der Waals surface area contributed by atoms with E-state index in [2.05, 4.69) is 10.6 Å². The summed E-state index contributed by atoms with van der Waals surface area (Å²) in [7, 11) is -4.15. The average molecular weight is 508 g/mol. The summed E-state index contributed by atoms with van der Waals surface area (Å²) in [5, 5.41) is 5.32. The van der Waals surface area contributed by atoms with Gasteiger partial charge >= 0.3 is 0 Å². The van der Waals surface area contributed by atoms with Gasteiger partial charge < -0.3 is 15.1 Å². The SMILES string of the molecule is O=C(CN(c1ccc(F)cc1)S(=O)(=O)c1ccccc1)Nc1ccccc1C(=O)NCc1ccco1. The average Bonchev–Trinajstić information content (AvgIpc) is 3.41. The van der Waals surface area contributed by atoms with Gasteiger partial charge in [-0.05, 0) is 60.7 Å². The molecule has 4 rings (SSSR count). The number of rotatable bonds is 9. The molecule has 3 aromatic carbocycles. The van der Waals surface area contributed by atoms with Crippen molar-refractivity contribution < 1.29 is 26.8 Å². The van der Waals surface area contributed by atoms with Crippen LogP contribution in [0.3, 0.4) is 0 Å². The first kappa shape index (κ1) is 24.7. The normalized spacial score (nSPS) is 11.0. The van der Waals surface area contributed by atoms with E-state index in [1.54, 1.807) is 42.5 Å². The van der Waals surface area contributed by atoms with Gasteiger partial charge in [-0.3, -0.25) is 13.9 Å². The Morgan fingerprint density at radius 3 is 2.25 bits per heavy atom. The van der Waals surface area contributed by atoms with Crippen LogP contribution in [0.1, 0.15) is 16.1 Å². The van der Waals surface area contributed by atoms with Crippen molar-refractivity contribution in [1.29, 1.82) is 0 Å². The Labute approximate surface area is 207 Å². The summed E-state index contributed by atoms with van der Waals surface area (Å²) in [6.45, 7) is -0.451. The summed E-state index contributed by atoms with van der Waals surface area (Å²) in [4.78, 5) is 25.7. The lowest BCUT2D eigenvalue weighted by Gasteiger charge is -2.24. The summed E-state index contributed by atoms with van der Waals surface area (Å²) in [5.41, 5.74) is 0.507. The van der Waals surface area contributed by atoms with E-state index >= 15 is 0 Å². The predicted molar refractivity (Wildman–Crippen MR) is 132 cm³/mol. The van der Waals surface area contributed by atoms with Crippen molar-refractivity contribution in [3.05, 3.63) is 114 Å². The van der Waals surface area contributed by atoms with Gasteiger partial charge in [0.15, 0.2) is 0 Å². The number of nitrogens with zero attached hydrogens (tertiary/aromatic N) is 1. The first-order valence-electron chi connectivity index (χ1n) is 10.9. The van der Waals surface area contributed by atoms with Crippen LogP contribution in [-0.2, 0) is 21.4 Å². The van der Waals surface area contributed by atoms with Crippen molar-refractivity contribution in [3.63, 3.8) is 0 Å². The highest BCUT2D eigenvalue weighted by atomic mass is 32.2. The fourth-order valence-corrected chi connectivity index (χ4v) is 4.87. The zero-order valence-corrected chi connectivity index (χ0v) is 19.7. The van der Waals surface area contributed by atoms with Gasteiger partial charge in [-0.1, -0.05) is 30.3 Å². The Hall–Kier alpha value is -4.44. The van der Waals surface area contributed by atoms with Crippen LogP contribution in [0, 0.1) is 5.82 Å². The fraction of sp³-hybridized carbons (Fsp3) is 0.0769. The molecule has 0 saturated heterocycles.